The average molecular weight is 312 g/mol. The van der Waals surface area contributed by atoms with Gasteiger partial charge in [-0.05, 0) is 26.2 Å². The van der Waals surface area contributed by atoms with Crippen molar-refractivity contribution in [3.8, 4) is 0 Å². The second-order valence-corrected chi connectivity index (χ2v) is 6.81. The Hall–Kier alpha value is -0.650. The van der Waals surface area contributed by atoms with E-state index in [1.807, 2.05) is 11.8 Å². The largest absolute Gasteiger partial charge is 0.392 e. The molecule has 1 aliphatic heterocycles. The summed E-state index contributed by atoms with van der Waals surface area (Å²) in [5.74, 6) is 0.188. The summed E-state index contributed by atoms with van der Waals surface area (Å²) in [4.78, 5) is 16.8. The predicted molar refractivity (Wildman–Crippen MR) is 86.7 cm³/mol. The van der Waals surface area contributed by atoms with E-state index in [0.29, 0.717) is 38.8 Å². The molecule has 1 N–H and O–H groups in total. The third kappa shape index (κ3) is 5.21. The van der Waals surface area contributed by atoms with Gasteiger partial charge in [0.1, 0.15) is 0 Å². The van der Waals surface area contributed by atoms with Gasteiger partial charge in [0.05, 0.1) is 25.4 Å². The zero-order valence-corrected chi connectivity index (χ0v) is 14.2. The van der Waals surface area contributed by atoms with Crippen LogP contribution in [0.1, 0.15) is 52.4 Å². The minimum absolute atomic E-state index is 0.178. The lowest BCUT2D eigenvalue weighted by atomic mass is 9.94. The molecule has 0 bridgehead atoms. The Labute approximate surface area is 134 Å². The van der Waals surface area contributed by atoms with Gasteiger partial charge in [0.25, 0.3) is 0 Å². The van der Waals surface area contributed by atoms with Crippen LogP contribution in [-0.4, -0.2) is 71.8 Å². The lowest BCUT2D eigenvalue weighted by Gasteiger charge is -2.38. The van der Waals surface area contributed by atoms with Crippen LogP contribution < -0.4 is 0 Å². The second-order valence-electron chi connectivity index (χ2n) is 6.81. The zero-order chi connectivity index (χ0) is 15.9. The molecule has 0 aromatic carbocycles. The molecule has 1 saturated carbocycles. The molecule has 2 fully saturated rings. The van der Waals surface area contributed by atoms with Gasteiger partial charge in [0, 0.05) is 25.7 Å². The summed E-state index contributed by atoms with van der Waals surface area (Å²) < 4.78 is 5.65. The number of hydrogen-bond acceptors (Lipinski definition) is 4. The summed E-state index contributed by atoms with van der Waals surface area (Å²) in [6.45, 7) is 6.99. The van der Waals surface area contributed by atoms with Crippen LogP contribution in [0.25, 0.3) is 0 Å². The first-order valence-electron chi connectivity index (χ1n) is 8.91. The Morgan fingerprint density at radius 1 is 1.36 bits per heavy atom. The first kappa shape index (κ1) is 17.7. The number of aliphatic hydroxyl groups excluding tert-OH is 1. The van der Waals surface area contributed by atoms with Crippen molar-refractivity contribution in [2.75, 3.05) is 32.8 Å². The van der Waals surface area contributed by atoms with Crippen molar-refractivity contribution >= 4 is 5.91 Å². The number of hydrogen-bond donors (Lipinski definition) is 1. The van der Waals surface area contributed by atoms with Crippen LogP contribution in [0.5, 0.6) is 0 Å². The maximum absolute atomic E-state index is 12.6. The van der Waals surface area contributed by atoms with E-state index in [9.17, 15) is 9.90 Å². The molecular formula is C17H32N2O3. The Kier molecular flexibility index (Phi) is 7.12. The van der Waals surface area contributed by atoms with Crippen molar-refractivity contribution in [2.45, 2.75) is 70.6 Å². The molecule has 5 nitrogen and oxygen atoms in total. The van der Waals surface area contributed by atoms with E-state index in [1.54, 1.807) is 0 Å². The number of nitrogens with zero attached hydrogens (tertiary/aromatic N) is 2. The van der Waals surface area contributed by atoms with E-state index >= 15 is 0 Å². The number of carbonyl (C=O) groups is 1. The number of aliphatic hydroxyl groups is 1. The fourth-order valence-corrected chi connectivity index (χ4v) is 3.59. The minimum atomic E-state index is -0.386. The molecule has 1 aliphatic carbocycles. The Morgan fingerprint density at radius 3 is 2.73 bits per heavy atom. The topological polar surface area (TPSA) is 53.0 Å². The van der Waals surface area contributed by atoms with E-state index in [4.69, 9.17) is 4.74 Å². The van der Waals surface area contributed by atoms with Crippen LogP contribution in [-0.2, 0) is 9.53 Å². The lowest BCUT2D eigenvalue weighted by molar-refractivity contribution is -0.141. The minimum Gasteiger partial charge on any atom is -0.392 e. The van der Waals surface area contributed by atoms with Gasteiger partial charge < -0.3 is 14.7 Å². The van der Waals surface area contributed by atoms with E-state index in [2.05, 4.69) is 11.8 Å². The molecule has 22 heavy (non-hydrogen) atoms. The highest BCUT2D eigenvalue weighted by Gasteiger charge is 2.28. The molecule has 0 radical (unpaired) electrons. The van der Waals surface area contributed by atoms with Crippen LogP contribution in [0.3, 0.4) is 0 Å². The Balaban J connectivity index is 1.91. The highest BCUT2D eigenvalue weighted by molar-refractivity contribution is 5.78. The Bertz CT molecular complexity index is 343. The summed E-state index contributed by atoms with van der Waals surface area (Å²) in [5, 5.41) is 9.77. The molecule has 2 unspecified atom stereocenters. The lowest BCUT2D eigenvalue weighted by Crippen LogP contribution is -2.51. The van der Waals surface area contributed by atoms with Crippen LogP contribution >= 0.6 is 0 Å². The Morgan fingerprint density at radius 2 is 2.09 bits per heavy atom. The molecule has 5 heteroatoms. The van der Waals surface area contributed by atoms with Gasteiger partial charge >= 0.3 is 0 Å². The first-order valence-corrected chi connectivity index (χ1v) is 8.91. The summed E-state index contributed by atoms with van der Waals surface area (Å²) in [6.07, 6.45) is 6.83. The second kappa shape index (κ2) is 8.85. The molecule has 0 aromatic heterocycles. The summed E-state index contributed by atoms with van der Waals surface area (Å²) in [5.41, 5.74) is 0. The summed E-state index contributed by atoms with van der Waals surface area (Å²) >= 11 is 0. The fourth-order valence-electron chi connectivity index (χ4n) is 3.59. The number of ether oxygens (including phenoxy) is 1. The van der Waals surface area contributed by atoms with Crippen LogP contribution in [0, 0.1) is 0 Å². The van der Waals surface area contributed by atoms with Crippen molar-refractivity contribution in [3.05, 3.63) is 0 Å². The smallest absolute Gasteiger partial charge is 0.236 e. The SMILES string of the molecule is CCC1CN(C(=O)CN(CC(C)O)C2CCCCC2)CCO1. The van der Waals surface area contributed by atoms with Crippen LogP contribution in [0.15, 0.2) is 0 Å². The van der Waals surface area contributed by atoms with Crippen molar-refractivity contribution in [2.24, 2.45) is 0 Å². The molecule has 2 rings (SSSR count). The van der Waals surface area contributed by atoms with E-state index < -0.39 is 0 Å². The summed E-state index contributed by atoms with van der Waals surface area (Å²) in [6, 6.07) is 0.454. The van der Waals surface area contributed by atoms with Crippen LogP contribution in [0.2, 0.25) is 0 Å². The molecule has 0 aromatic rings. The van der Waals surface area contributed by atoms with Gasteiger partial charge in [-0.1, -0.05) is 26.2 Å². The number of rotatable bonds is 6. The van der Waals surface area contributed by atoms with Gasteiger partial charge in [-0.15, -0.1) is 0 Å². The molecular weight excluding hydrogens is 280 g/mol. The molecule has 128 valence electrons. The van der Waals surface area contributed by atoms with Gasteiger partial charge in [0.2, 0.25) is 5.91 Å². The van der Waals surface area contributed by atoms with Gasteiger partial charge in [0.15, 0.2) is 0 Å². The first-order chi connectivity index (χ1) is 10.6. The summed E-state index contributed by atoms with van der Waals surface area (Å²) in [7, 11) is 0. The maximum Gasteiger partial charge on any atom is 0.236 e. The van der Waals surface area contributed by atoms with Gasteiger partial charge in [-0.3, -0.25) is 9.69 Å². The van der Waals surface area contributed by atoms with E-state index in [1.165, 1.54) is 19.3 Å². The highest BCUT2D eigenvalue weighted by Crippen LogP contribution is 2.23. The normalized spacial score (nSPS) is 25.5. The zero-order valence-electron chi connectivity index (χ0n) is 14.2. The maximum atomic E-state index is 12.6. The number of morpholine rings is 1. The predicted octanol–water partition coefficient (Wildman–Crippen LogP) is 1.64. The molecule has 2 atom stereocenters. The van der Waals surface area contributed by atoms with Gasteiger partial charge in [-0.25, -0.2) is 0 Å². The highest BCUT2D eigenvalue weighted by atomic mass is 16.5. The monoisotopic (exact) mass is 312 g/mol. The standard InChI is InChI=1S/C17H32N2O3/c1-3-16-12-18(9-10-22-16)17(21)13-19(11-14(2)20)15-7-5-4-6-8-15/h14-16,20H,3-13H2,1-2H3. The fraction of sp³-hybridized carbons (Fsp3) is 0.941. The average Bonchev–Trinajstić information content (AvgIpc) is 2.54. The molecule has 0 spiro atoms. The van der Waals surface area contributed by atoms with Crippen molar-refractivity contribution in [1.29, 1.82) is 0 Å². The van der Waals surface area contributed by atoms with Gasteiger partial charge in [-0.2, -0.15) is 0 Å². The number of carbonyl (C=O) groups excluding carboxylic acids is 1. The van der Waals surface area contributed by atoms with Crippen molar-refractivity contribution < 1.29 is 14.6 Å². The van der Waals surface area contributed by atoms with Crippen molar-refractivity contribution in [3.63, 3.8) is 0 Å². The van der Waals surface area contributed by atoms with E-state index in [0.717, 1.165) is 19.3 Å². The molecule has 1 saturated heterocycles. The third-order valence-electron chi connectivity index (χ3n) is 4.88. The molecule has 1 heterocycles. The van der Waals surface area contributed by atoms with E-state index in [-0.39, 0.29) is 18.1 Å². The quantitative estimate of drug-likeness (QED) is 0.810. The van der Waals surface area contributed by atoms with Crippen LogP contribution in [0.4, 0.5) is 0 Å². The third-order valence-corrected chi connectivity index (χ3v) is 4.88. The van der Waals surface area contributed by atoms with Crippen molar-refractivity contribution in [1.82, 2.24) is 9.80 Å². The number of amides is 1. The molecule has 2 aliphatic rings. The molecule has 1 amide bonds.